The number of benzene rings is 1. The standard InChI is InChI=1S/C14H18O2/c1-12-7-8-14(16-9-12)11-15-10-13-5-3-2-4-6-13/h2-8,12,14H,9-11H2,1H3. The van der Waals surface area contributed by atoms with Crippen molar-refractivity contribution in [3.05, 3.63) is 48.0 Å². The first-order valence-corrected chi connectivity index (χ1v) is 5.76. The second kappa shape index (κ2) is 5.83. The first kappa shape index (κ1) is 11.4. The van der Waals surface area contributed by atoms with E-state index in [1.165, 1.54) is 5.56 Å². The molecule has 0 fully saturated rings. The Bertz CT molecular complexity index is 332. The summed E-state index contributed by atoms with van der Waals surface area (Å²) in [6.07, 6.45) is 4.42. The van der Waals surface area contributed by atoms with Crippen LogP contribution >= 0.6 is 0 Å². The molecular weight excluding hydrogens is 200 g/mol. The molecular formula is C14H18O2. The highest BCUT2D eigenvalue weighted by molar-refractivity contribution is 5.13. The number of ether oxygens (including phenoxy) is 2. The van der Waals surface area contributed by atoms with Gasteiger partial charge in [-0.1, -0.05) is 49.4 Å². The lowest BCUT2D eigenvalue weighted by atomic mass is 10.1. The maximum atomic E-state index is 5.62. The molecule has 1 heterocycles. The van der Waals surface area contributed by atoms with Crippen molar-refractivity contribution >= 4 is 0 Å². The fourth-order valence-corrected chi connectivity index (χ4v) is 1.67. The van der Waals surface area contributed by atoms with Crippen molar-refractivity contribution < 1.29 is 9.47 Å². The van der Waals surface area contributed by atoms with Crippen molar-refractivity contribution in [2.24, 2.45) is 5.92 Å². The second-order valence-corrected chi connectivity index (χ2v) is 4.23. The molecule has 0 saturated heterocycles. The molecule has 2 atom stereocenters. The maximum absolute atomic E-state index is 5.62. The summed E-state index contributed by atoms with van der Waals surface area (Å²) in [5.41, 5.74) is 1.20. The van der Waals surface area contributed by atoms with Gasteiger partial charge in [0.25, 0.3) is 0 Å². The van der Waals surface area contributed by atoms with Crippen molar-refractivity contribution in [1.29, 1.82) is 0 Å². The van der Waals surface area contributed by atoms with Crippen molar-refractivity contribution in [2.75, 3.05) is 13.2 Å². The molecule has 0 aliphatic carbocycles. The van der Waals surface area contributed by atoms with Crippen molar-refractivity contribution in [3.63, 3.8) is 0 Å². The maximum Gasteiger partial charge on any atom is 0.0989 e. The van der Waals surface area contributed by atoms with E-state index in [0.717, 1.165) is 6.61 Å². The van der Waals surface area contributed by atoms with Gasteiger partial charge in [-0.05, 0) is 11.5 Å². The minimum Gasteiger partial charge on any atom is -0.374 e. The molecule has 2 heteroatoms. The first-order chi connectivity index (χ1) is 7.84. The molecule has 1 aromatic rings. The molecule has 16 heavy (non-hydrogen) atoms. The summed E-state index contributed by atoms with van der Waals surface area (Å²) in [5, 5.41) is 0. The average molecular weight is 218 g/mol. The Hall–Kier alpha value is -1.12. The number of rotatable bonds is 4. The van der Waals surface area contributed by atoms with Gasteiger partial charge < -0.3 is 9.47 Å². The molecule has 0 bridgehead atoms. The quantitative estimate of drug-likeness (QED) is 0.723. The molecule has 0 saturated carbocycles. The molecule has 1 aromatic carbocycles. The van der Waals surface area contributed by atoms with Crippen molar-refractivity contribution in [2.45, 2.75) is 19.6 Å². The summed E-state index contributed by atoms with van der Waals surface area (Å²) >= 11 is 0. The smallest absolute Gasteiger partial charge is 0.0989 e. The van der Waals surface area contributed by atoms with E-state index >= 15 is 0 Å². The van der Waals surface area contributed by atoms with Crippen molar-refractivity contribution in [1.82, 2.24) is 0 Å². The SMILES string of the molecule is CC1C=CC(COCc2ccccc2)OC1. The third kappa shape index (κ3) is 3.47. The lowest BCUT2D eigenvalue weighted by Gasteiger charge is -2.21. The minimum absolute atomic E-state index is 0.125. The van der Waals surface area contributed by atoms with Gasteiger partial charge in [-0.3, -0.25) is 0 Å². The number of hydrogen-bond acceptors (Lipinski definition) is 2. The van der Waals surface area contributed by atoms with Crippen LogP contribution in [0.15, 0.2) is 42.5 Å². The fraction of sp³-hybridized carbons (Fsp3) is 0.429. The highest BCUT2D eigenvalue weighted by Gasteiger charge is 2.12. The lowest BCUT2D eigenvalue weighted by molar-refractivity contribution is -0.0110. The largest absolute Gasteiger partial charge is 0.374 e. The van der Waals surface area contributed by atoms with Gasteiger partial charge in [0.05, 0.1) is 25.9 Å². The zero-order valence-corrected chi connectivity index (χ0v) is 9.63. The zero-order valence-electron chi connectivity index (χ0n) is 9.63. The lowest BCUT2D eigenvalue weighted by Crippen LogP contribution is -2.24. The summed E-state index contributed by atoms with van der Waals surface area (Å²) in [4.78, 5) is 0. The molecule has 2 rings (SSSR count). The van der Waals surface area contributed by atoms with E-state index in [1.54, 1.807) is 0 Å². The van der Waals surface area contributed by atoms with Gasteiger partial charge in [0.2, 0.25) is 0 Å². The summed E-state index contributed by atoms with van der Waals surface area (Å²) < 4.78 is 11.2. The van der Waals surface area contributed by atoms with Crippen LogP contribution in [0.1, 0.15) is 12.5 Å². The molecule has 2 unspecified atom stereocenters. The average Bonchev–Trinajstić information content (AvgIpc) is 2.33. The van der Waals surface area contributed by atoms with Crippen LogP contribution in [-0.2, 0) is 16.1 Å². The summed E-state index contributed by atoms with van der Waals surface area (Å²) in [7, 11) is 0. The molecule has 0 N–H and O–H groups in total. The van der Waals surface area contributed by atoms with Crippen molar-refractivity contribution in [3.8, 4) is 0 Å². The van der Waals surface area contributed by atoms with Crippen LogP contribution in [0.2, 0.25) is 0 Å². The van der Waals surface area contributed by atoms with Gasteiger partial charge in [0, 0.05) is 0 Å². The van der Waals surface area contributed by atoms with Crippen LogP contribution in [0, 0.1) is 5.92 Å². The first-order valence-electron chi connectivity index (χ1n) is 5.76. The Balaban J connectivity index is 1.71. The van der Waals surface area contributed by atoms with E-state index in [1.807, 2.05) is 18.2 Å². The molecule has 1 aliphatic rings. The van der Waals surface area contributed by atoms with E-state index < -0.39 is 0 Å². The minimum atomic E-state index is 0.125. The second-order valence-electron chi connectivity index (χ2n) is 4.23. The third-order valence-electron chi connectivity index (χ3n) is 2.62. The van der Waals surface area contributed by atoms with Gasteiger partial charge in [-0.15, -0.1) is 0 Å². The number of hydrogen-bond donors (Lipinski definition) is 0. The van der Waals surface area contributed by atoms with Crippen LogP contribution in [0.4, 0.5) is 0 Å². The van der Waals surface area contributed by atoms with E-state index in [-0.39, 0.29) is 6.10 Å². The molecule has 2 nitrogen and oxygen atoms in total. The van der Waals surface area contributed by atoms with Crippen LogP contribution in [-0.4, -0.2) is 19.3 Å². The normalized spacial score (nSPS) is 24.6. The Morgan fingerprint density at radius 1 is 1.25 bits per heavy atom. The zero-order chi connectivity index (χ0) is 11.2. The molecule has 0 radical (unpaired) electrons. The van der Waals surface area contributed by atoms with E-state index in [0.29, 0.717) is 19.1 Å². The Morgan fingerprint density at radius 3 is 2.75 bits per heavy atom. The van der Waals surface area contributed by atoms with Gasteiger partial charge >= 0.3 is 0 Å². The van der Waals surface area contributed by atoms with E-state index in [4.69, 9.17) is 9.47 Å². The van der Waals surface area contributed by atoms with Crippen LogP contribution in [0.25, 0.3) is 0 Å². The predicted octanol–water partition coefficient (Wildman–Crippen LogP) is 2.79. The fourth-order valence-electron chi connectivity index (χ4n) is 1.67. The Kier molecular flexibility index (Phi) is 4.14. The third-order valence-corrected chi connectivity index (χ3v) is 2.62. The topological polar surface area (TPSA) is 18.5 Å². The van der Waals surface area contributed by atoms with Gasteiger partial charge in [0.15, 0.2) is 0 Å². The predicted molar refractivity (Wildman–Crippen MR) is 64.1 cm³/mol. The highest BCUT2D eigenvalue weighted by Crippen LogP contribution is 2.11. The molecule has 0 amide bonds. The summed E-state index contributed by atoms with van der Waals surface area (Å²) in [6, 6.07) is 10.2. The van der Waals surface area contributed by atoms with Crippen LogP contribution < -0.4 is 0 Å². The molecule has 1 aliphatic heterocycles. The Morgan fingerprint density at radius 2 is 2.06 bits per heavy atom. The van der Waals surface area contributed by atoms with Crippen LogP contribution in [0.5, 0.6) is 0 Å². The monoisotopic (exact) mass is 218 g/mol. The van der Waals surface area contributed by atoms with Gasteiger partial charge in [-0.2, -0.15) is 0 Å². The van der Waals surface area contributed by atoms with Gasteiger partial charge in [-0.25, -0.2) is 0 Å². The molecule has 0 aromatic heterocycles. The summed E-state index contributed by atoms with van der Waals surface area (Å²) in [5.74, 6) is 0.533. The Labute approximate surface area is 96.9 Å². The van der Waals surface area contributed by atoms with Gasteiger partial charge in [0.1, 0.15) is 0 Å². The van der Waals surface area contributed by atoms with E-state index in [9.17, 15) is 0 Å². The van der Waals surface area contributed by atoms with Crippen LogP contribution in [0.3, 0.4) is 0 Å². The molecule has 0 spiro atoms. The molecule has 86 valence electrons. The summed E-state index contributed by atoms with van der Waals surface area (Å²) in [6.45, 7) is 4.25. The van der Waals surface area contributed by atoms with E-state index in [2.05, 4.69) is 31.2 Å². The highest BCUT2D eigenvalue weighted by atomic mass is 16.5.